The largest absolute Gasteiger partial charge is 0.383 e. The van der Waals surface area contributed by atoms with Crippen molar-refractivity contribution >= 4 is 33.3 Å². The first-order valence-electron chi connectivity index (χ1n) is 4.32. The van der Waals surface area contributed by atoms with Gasteiger partial charge < -0.3 is 10.3 Å². The van der Waals surface area contributed by atoms with Gasteiger partial charge in [0.25, 0.3) is 0 Å². The minimum Gasteiger partial charge on any atom is -0.383 e. The fourth-order valence-electron chi connectivity index (χ4n) is 1.33. The predicted molar refractivity (Wildman–Crippen MR) is 65.8 cm³/mol. The summed E-state index contributed by atoms with van der Waals surface area (Å²) < 4.78 is 2.66. The van der Waals surface area contributed by atoms with E-state index < -0.39 is 0 Å². The molecule has 1 heterocycles. The van der Waals surface area contributed by atoms with E-state index in [0.717, 1.165) is 15.7 Å². The molecule has 0 radical (unpaired) electrons. The van der Waals surface area contributed by atoms with Crippen molar-refractivity contribution in [1.82, 2.24) is 9.55 Å². The van der Waals surface area contributed by atoms with Gasteiger partial charge in [0, 0.05) is 22.1 Å². The SMILES string of the molecule is Cn1cnc(-c2ccc(Cl)cc2Br)c1N. The van der Waals surface area contributed by atoms with E-state index >= 15 is 0 Å². The Kier molecular flexibility index (Phi) is 2.71. The molecular formula is C10H9BrClN3. The van der Waals surface area contributed by atoms with Crippen molar-refractivity contribution < 1.29 is 0 Å². The molecule has 78 valence electrons. The molecule has 0 aliphatic heterocycles. The van der Waals surface area contributed by atoms with Crippen LogP contribution in [-0.2, 0) is 7.05 Å². The molecule has 0 aliphatic carbocycles. The Labute approximate surface area is 101 Å². The molecule has 3 nitrogen and oxygen atoms in total. The van der Waals surface area contributed by atoms with Crippen molar-refractivity contribution in [3.05, 3.63) is 34.0 Å². The van der Waals surface area contributed by atoms with Gasteiger partial charge in [0.1, 0.15) is 11.5 Å². The highest BCUT2D eigenvalue weighted by molar-refractivity contribution is 9.10. The summed E-state index contributed by atoms with van der Waals surface area (Å²) in [5, 5.41) is 0.681. The third kappa shape index (κ3) is 1.87. The van der Waals surface area contributed by atoms with E-state index in [9.17, 15) is 0 Å². The predicted octanol–water partition coefficient (Wildman–Crippen LogP) is 3.09. The number of anilines is 1. The van der Waals surface area contributed by atoms with Gasteiger partial charge in [-0.2, -0.15) is 0 Å². The second-order valence-electron chi connectivity index (χ2n) is 3.21. The van der Waals surface area contributed by atoms with Crippen LogP contribution in [0.3, 0.4) is 0 Å². The lowest BCUT2D eigenvalue weighted by Gasteiger charge is -2.03. The van der Waals surface area contributed by atoms with Crippen LogP contribution in [0, 0.1) is 0 Å². The van der Waals surface area contributed by atoms with Gasteiger partial charge in [0.15, 0.2) is 0 Å². The maximum Gasteiger partial charge on any atom is 0.131 e. The van der Waals surface area contributed by atoms with E-state index in [2.05, 4.69) is 20.9 Å². The van der Waals surface area contributed by atoms with Crippen LogP contribution >= 0.6 is 27.5 Å². The monoisotopic (exact) mass is 285 g/mol. The summed E-state index contributed by atoms with van der Waals surface area (Å²) in [6.45, 7) is 0. The fourth-order valence-corrected chi connectivity index (χ4v) is 2.20. The average molecular weight is 287 g/mol. The topological polar surface area (TPSA) is 43.8 Å². The lowest BCUT2D eigenvalue weighted by atomic mass is 10.1. The molecule has 0 bridgehead atoms. The molecule has 5 heteroatoms. The van der Waals surface area contributed by atoms with Crippen molar-refractivity contribution in [2.45, 2.75) is 0 Å². The number of nitrogens with two attached hydrogens (primary N) is 1. The third-order valence-corrected chi connectivity index (χ3v) is 3.06. The molecule has 15 heavy (non-hydrogen) atoms. The standard InChI is InChI=1S/C10H9BrClN3/c1-15-5-14-9(10(15)13)7-3-2-6(12)4-8(7)11/h2-5H,13H2,1H3. The third-order valence-electron chi connectivity index (χ3n) is 2.17. The Bertz CT molecular complexity index is 507. The zero-order valence-corrected chi connectivity index (χ0v) is 10.4. The lowest BCUT2D eigenvalue weighted by Crippen LogP contribution is -1.96. The van der Waals surface area contributed by atoms with Crippen LogP contribution in [0.4, 0.5) is 5.82 Å². The summed E-state index contributed by atoms with van der Waals surface area (Å²) in [4.78, 5) is 4.24. The van der Waals surface area contributed by atoms with E-state index in [-0.39, 0.29) is 0 Å². The molecule has 0 unspecified atom stereocenters. The van der Waals surface area contributed by atoms with Crippen LogP contribution in [0.15, 0.2) is 29.0 Å². The highest BCUT2D eigenvalue weighted by atomic mass is 79.9. The van der Waals surface area contributed by atoms with E-state index in [1.165, 1.54) is 0 Å². The average Bonchev–Trinajstić information content (AvgIpc) is 2.49. The number of aromatic nitrogens is 2. The highest BCUT2D eigenvalue weighted by Gasteiger charge is 2.11. The first kappa shape index (κ1) is 10.5. The van der Waals surface area contributed by atoms with Gasteiger partial charge in [-0.3, -0.25) is 0 Å². The van der Waals surface area contributed by atoms with Gasteiger partial charge in [-0.1, -0.05) is 33.6 Å². The number of imidazole rings is 1. The maximum absolute atomic E-state index is 5.89. The molecule has 0 atom stereocenters. The number of hydrogen-bond acceptors (Lipinski definition) is 2. The first-order valence-corrected chi connectivity index (χ1v) is 5.49. The minimum atomic E-state index is 0.637. The normalized spacial score (nSPS) is 10.6. The van der Waals surface area contributed by atoms with E-state index in [1.54, 1.807) is 10.9 Å². The van der Waals surface area contributed by atoms with E-state index in [0.29, 0.717) is 10.8 Å². The van der Waals surface area contributed by atoms with Crippen LogP contribution in [0.2, 0.25) is 5.02 Å². The van der Waals surface area contributed by atoms with E-state index in [1.807, 2.05) is 25.2 Å². The van der Waals surface area contributed by atoms with Gasteiger partial charge in [0.2, 0.25) is 0 Å². The van der Waals surface area contributed by atoms with Gasteiger partial charge in [0.05, 0.1) is 6.33 Å². The van der Waals surface area contributed by atoms with Crippen molar-refractivity contribution in [1.29, 1.82) is 0 Å². The van der Waals surface area contributed by atoms with Gasteiger partial charge in [-0.05, 0) is 12.1 Å². The highest BCUT2D eigenvalue weighted by Crippen LogP contribution is 2.32. The molecule has 2 rings (SSSR count). The number of aryl methyl sites for hydroxylation is 1. The van der Waals surface area contributed by atoms with Gasteiger partial charge in [-0.25, -0.2) is 4.98 Å². The Morgan fingerprint density at radius 3 is 2.73 bits per heavy atom. The molecule has 1 aromatic heterocycles. The number of benzene rings is 1. The van der Waals surface area contributed by atoms with E-state index in [4.69, 9.17) is 17.3 Å². The number of rotatable bonds is 1. The summed E-state index contributed by atoms with van der Waals surface area (Å²) in [7, 11) is 1.86. The van der Waals surface area contributed by atoms with Crippen LogP contribution in [0.25, 0.3) is 11.3 Å². The molecule has 1 aromatic carbocycles. The summed E-state index contributed by atoms with van der Waals surface area (Å²) in [5.74, 6) is 0.637. The summed E-state index contributed by atoms with van der Waals surface area (Å²) in [6.07, 6.45) is 1.69. The van der Waals surface area contributed by atoms with Crippen LogP contribution in [-0.4, -0.2) is 9.55 Å². The summed E-state index contributed by atoms with van der Waals surface area (Å²) >= 11 is 9.30. The molecule has 0 saturated heterocycles. The minimum absolute atomic E-state index is 0.637. The zero-order valence-electron chi connectivity index (χ0n) is 8.04. The molecule has 0 spiro atoms. The Hall–Kier alpha value is -1.00. The quantitative estimate of drug-likeness (QED) is 0.875. The zero-order chi connectivity index (χ0) is 11.0. The molecular weight excluding hydrogens is 277 g/mol. The molecule has 2 N–H and O–H groups in total. The molecule has 0 aliphatic rings. The van der Waals surface area contributed by atoms with Crippen molar-refractivity contribution in [2.75, 3.05) is 5.73 Å². The smallest absolute Gasteiger partial charge is 0.131 e. The lowest BCUT2D eigenvalue weighted by molar-refractivity contribution is 0.925. The Balaban J connectivity index is 2.59. The van der Waals surface area contributed by atoms with Crippen LogP contribution in [0.5, 0.6) is 0 Å². The maximum atomic E-state index is 5.89. The number of nitrogen functional groups attached to an aromatic ring is 1. The number of hydrogen-bond donors (Lipinski definition) is 1. The second-order valence-corrected chi connectivity index (χ2v) is 4.50. The Morgan fingerprint density at radius 1 is 1.47 bits per heavy atom. The van der Waals surface area contributed by atoms with Gasteiger partial charge >= 0.3 is 0 Å². The number of halogens is 2. The van der Waals surface area contributed by atoms with Crippen LogP contribution < -0.4 is 5.73 Å². The fraction of sp³-hybridized carbons (Fsp3) is 0.100. The van der Waals surface area contributed by atoms with Crippen molar-refractivity contribution in [3.8, 4) is 11.3 Å². The van der Waals surface area contributed by atoms with Crippen molar-refractivity contribution in [3.63, 3.8) is 0 Å². The molecule has 0 amide bonds. The Morgan fingerprint density at radius 2 is 2.20 bits per heavy atom. The van der Waals surface area contributed by atoms with Gasteiger partial charge in [-0.15, -0.1) is 0 Å². The molecule has 0 saturated carbocycles. The second kappa shape index (κ2) is 3.87. The number of nitrogens with zero attached hydrogens (tertiary/aromatic N) is 2. The molecule has 2 aromatic rings. The summed E-state index contributed by atoms with van der Waals surface area (Å²) in [6, 6.07) is 5.53. The summed E-state index contributed by atoms with van der Waals surface area (Å²) in [5.41, 5.74) is 7.60. The first-order chi connectivity index (χ1) is 7.09. The molecule has 0 fully saturated rings. The van der Waals surface area contributed by atoms with Crippen LogP contribution in [0.1, 0.15) is 0 Å². The van der Waals surface area contributed by atoms with Crippen molar-refractivity contribution in [2.24, 2.45) is 7.05 Å².